The minimum absolute atomic E-state index is 0.0264. The van der Waals surface area contributed by atoms with Crippen LogP contribution in [0.2, 0.25) is 0 Å². The van der Waals surface area contributed by atoms with Crippen LogP contribution in [0.3, 0.4) is 0 Å². The Morgan fingerprint density at radius 1 is 1.16 bits per heavy atom. The van der Waals surface area contributed by atoms with Gasteiger partial charge in [0.2, 0.25) is 0 Å². The van der Waals surface area contributed by atoms with Gasteiger partial charge in [0.25, 0.3) is 5.91 Å². The van der Waals surface area contributed by atoms with Crippen LogP contribution in [0.5, 0.6) is 0 Å². The number of hydrogen-bond donors (Lipinski definition) is 0. The highest BCUT2D eigenvalue weighted by molar-refractivity contribution is 6.10. The van der Waals surface area contributed by atoms with E-state index in [4.69, 9.17) is 0 Å². The van der Waals surface area contributed by atoms with Crippen molar-refractivity contribution in [3.8, 4) is 0 Å². The molecule has 0 atom stereocenters. The summed E-state index contributed by atoms with van der Waals surface area (Å²) in [6.07, 6.45) is -1.47. The van der Waals surface area contributed by atoms with Crippen LogP contribution in [0.1, 0.15) is 51.3 Å². The molecule has 1 aliphatic heterocycles. The van der Waals surface area contributed by atoms with E-state index in [1.54, 1.807) is 19.3 Å². The minimum atomic E-state index is -4.52. The first-order chi connectivity index (χ1) is 15.1. The predicted octanol–water partition coefficient (Wildman–Crippen LogP) is 4.94. The van der Waals surface area contributed by atoms with E-state index in [0.29, 0.717) is 24.1 Å². The summed E-state index contributed by atoms with van der Waals surface area (Å²) < 4.78 is 42.8. The minimum Gasteiger partial charge on any atom is -0.320 e. The number of halogens is 3. The fourth-order valence-electron chi connectivity index (χ4n) is 5.00. The molecule has 0 unspecified atom stereocenters. The van der Waals surface area contributed by atoms with Crippen LogP contribution in [0, 0.1) is 6.92 Å². The second-order valence-corrected chi connectivity index (χ2v) is 8.73. The number of anilines is 1. The Bertz CT molecular complexity index is 1270. The van der Waals surface area contributed by atoms with Gasteiger partial charge in [-0.05, 0) is 60.7 Å². The first-order valence-corrected chi connectivity index (χ1v) is 10.2. The van der Waals surface area contributed by atoms with Gasteiger partial charge < -0.3 is 9.47 Å². The van der Waals surface area contributed by atoms with Gasteiger partial charge in [-0.1, -0.05) is 24.3 Å². The number of alkyl halides is 3. The molecule has 0 bridgehead atoms. The fourth-order valence-corrected chi connectivity index (χ4v) is 5.00. The molecule has 2 aromatic carbocycles. The van der Waals surface area contributed by atoms with Crippen LogP contribution < -0.4 is 4.90 Å². The van der Waals surface area contributed by atoms with E-state index >= 15 is 0 Å². The molecule has 3 aromatic rings. The molecule has 1 saturated carbocycles. The van der Waals surface area contributed by atoms with Gasteiger partial charge in [-0.15, -0.1) is 10.2 Å². The molecule has 2 heterocycles. The van der Waals surface area contributed by atoms with Crippen LogP contribution in [0.4, 0.5) is 18.9 Å². The molecule has 1 amide bonds. The summed E-state index contributed by atoms with van der Waals surface area (Å²) in [5, 5.41) is 8.32. The lowest BCUT2D eigenvalue weighted by Gasteiger charge is -2.43. The Morgan fingerprint density at radius 2 is 1.91 bits per heavy atom. The van der Waals surface area contributed by atoms with Gasteiger partial charge in [0.15, 0.2) is 0 Å². The molecule has 8 heteroatoms. The van der Waals surface area contributed by atoms with Gasteiger partial charge in [-0.25, -0.2) is 0 Å². The molecule has 0 radical (unpaired) electrons. The number of fused-ring (bicyclic) bond motifs is 1. The highest BCUT2D eigenvalue weighted by Crippen LogP contribution is 2.51. The molecule has 32 heavy (non-hydrogen) atoms. The third-order valence-electron chi connectivity index (χ3n) is 6.44. The van der Waals surface area contributed by atoms with Crippen LogP contribution in [-0.4, -0.2) is 20.7 Å². The largest absolute Gasteiger partial charge is 0.416 e. The fraction of sp³-hybridized carbons (Fsp3) is 0.292. The number of carbonyl (C=O) groups is 1. The zero-order valence-corrected chi connectivity index (χ0v) is 17.7. The molecule has 1 aromatic heterocycles. The van der Waals surface area contributed by atoms with E-state index in [9.17, 15) is 18.0 Å². The molecular weight excluding hydrogens is 417 g/mol. The molecule has 5 nitrogen and oxygen atoms in total. The lowest BCUT2D eigenvalue weighted by atomic mass is 9.61. The third kappa shape index (κ3) is 2.97. The number of carbonyl (C=O) groups excluding carboxylic acids is 1. The molecular formula is C24H21F3N4O. The van der Waals surface area contributed by atoms with Gasteiger partial charge in [-0.3, -0.25) is 4.79 Å². The maximum atomic E-state index is 13.6. The van der Waals surface area contributed by atoms with Gasteiger partial charge >= 0.3 is 6.18 Å². The number of aryl methyl sites for hydroxylation is 2. The molecule has 5 rings (SSSR count). The maximum Gasteiger partial charge on any atom is 0.416 e. The number of rotatable bonds is 3. The third-order valence-corrected chi connectivity index (χ3v) is 6.44. The summed E-state index contributed by atoms with van der Waals surface area (Å²) in [5.41, 5.74) is 1.99. The standard InChI is InChI=1S/C24H21F3N4O/c1-14-7-18-19(20(8-14)24(25,26)27)12-31(21(18)32)17-6-4-5-16(9-17)23(10-15(2)11-23)22-29-28-13-30(22)3/h4-9,13H,2,10-12H2,1,3H3. The van der Waals surface area contributed by atoms with E-state index < -0.39 is 23.1 Å². The predicted molar refractivity (Wildman–Crippen MR) is 113 cm³/mol. The van der Waals surface area contributed by atoms with Crippen molar-refractivity contribution in [2.24, 2.45) is 7.05 Å². The van der Waals surface area contributed by atoms with E-state index in [-0.39, 0.29) is 17.7 Å². The summed E-state index contributed by atoms with van der Waals surface area (Å²) >= 11 is 0. The number of allylic oxidation sites excluding steroid dienone is 1. The van der Waals surface area contributed by atoms with Crippen molar-refractivity contribution < 1.29 is 18.0 Å². The van der Waals surface area contributed by atoms with Gasteiger partial charge in [0.05, 0.1) is 17.5 Å². The zero-order chi connectivity index (χ0) is 22.8. The van der Waals surface area contributed by atoms with Crippen molar-refractivity contribution in [1.29, 1.82) is 0 Å². The van der Waals surface area contributed by atoms with Gasteiger partial charge in [-0.2, -0.15) is 13.2 Å². The molecule has 1 aliphatic carbocycles. The Balaban J connectivity index is 1.57. The first-order valence-electron chi connectivity index (χ1n) is 10.2. The second kappa shape index (κ2) is 6.79. The Hall–Kier alpha value is -3.42. The van der Waals surface area contributed by atoms with Crippen molar-refractivity contribution in [2.75, 3.05) is 4.90 Å². The van der Waals surface area contributed by atoms with E-state index in [2.05, 4.69) is 16.8 Å². The normalized spacial score (nSPS) is 17.5. The van der Waals surface area contributed by atoms with Gasteiger partial charge in [0.1, 0.15) is 12.2 Å². The highest BCUT2D eigenvalue weighted by Gasteiger charge is 2.47. The molecule has 164 valence electrons. The Kier molecular flexibility index (Phi) is 4.34. The van der Waals surface area contributed by atoms with Crippen LogP contribution in [0.15, 0.2) is 54.9 Å². The monoisotopic (exact) mass is 438 g/mol. The van der Waals surface area contributed by atoms with Crippen molar-refractivity contribution in [1.82, 2.24) is 14.8 Å². The van der Waals surface area contributed by atoms with E-state index in [0.717, 1.165) is 23.0 Å². The van der Waals surface area contributed by atoms with Crippen LogP contribution in [-0.2, 0) is 25.2 Å². The summed E-state index contributed by atoms with van der Waals surface area (Å²) in [4.78, 5) is 14.5. The number of amides is 1. The zero-order valence-electron chi connectivity index (χ0n) is 17.7. The summed E-state index contributed by atoms with van der Waals surface area (Å²) in [5.74, 6) is 0.380. The number of hydrogen-bond acceptors (Lipinski definition) is 3. The van der Waals surface area contributed by atoms with Crippen molar-refractivity contribution >= 4 is 11.6 Å². The number of aromatic nitrogens is 3. The average Bonchev–Trinajstić information content (AvgIpc) is 3.28. The molecule has 0 spiro atoms. The van der Waals surface area contributed by atoms with Gasteiger partial charge in [0, 0.05) is 18.3 Å². The highest BCUT2D eigenvalue weighted by atomic mass is 19.4. The Labute approximate surface area is 183 Å². The van der Waals surface area contributed by atoms with Crippen LogP contribution in [0.25, 0.3) is 0 Å². The van der Waals surface area contributed by atoms with E-state index in [1.165, 1.54) is 11.0 Å². The van der Waals surface area contributed by atoms with Crippen LogP contribution >= 0.6 is 0 Å². The average molecular weight is 438 g/mol. The van der Waals surface area contributed by atoms with Crippen molar-refractivity contribution in [3.05, 3.63) is 88.5 Å². The maximum absolute atomic E-state index is 13.6. The molecule has 2 aliphatic rings. The summed E-state index contributed by atoms with van der Waals surface area (Å²) in [6.45, 7) is 5.53. The quantitative estimate of drug-likeness (QED) is 0.545. The lowest BCUT2D eigenvalue weighted by molar-refractivity contribution is -0.138. The summed E-state index contributed by atoms with van der Waals surface area (Å²) in [6, 6.07) is 10.1. The molecule has 0 N–H and O–H groups in total. The van der Waals surface area contributed by atoms with Crippen molar-refractivity contribution in [2.45, 2.75) is 37.9 Å². The molecule has 1 fully saturated rings. The first kappa shape index (κ1) is 20.5. The smallest absolute Gasteiger partial charge is 0.320 e. The number of nitrogens with zero attached hydrogens (tertiary/aromatic N) is 4. The summed E-state index contributed by atoms with van der Waals surface area (Å²) in [7, 11) is 1.88. The van der Waals surface area contributed by atoms with Crippen molar-refractivity contribution in [3.63, 3.8) is 0 Å². The Morgan fingerprint density at radius 3 is 2.53 bits per heavy atom. The number of benzene rings is 2. The topological polar surface area (TPSA) is 51.0 Å². The van der Waals surface area contributed by atoms with E-state index in [1.807, 2.05) is 29.8 Å². The second-order valence-electron chi connectivity index (χ2n) is 8.73. The molecule has 0 saturated heterocycles. The lowest BCUT2D eigenvalue weighted by Crippen LogP contribution is -2.39. The SMILES string of the molecule is C=C1CC(c2cccc(N3Cc4c(cc(C)cc4C(F)(F)F)C3=O)c2)(c2nncn2C)C1.